The lowest BCUT2D eigenvalue weighted by Gasteiger charge is -2.32. The topological polar surface area (TPSA) is 33.1 Å². The van der Waals surface area contributed by atoms with Crippen LogP contribution in [0.5, 0.6) is 0 Å². The minimum absolute atomic E-state index is 0.402. The van der Waals surface area contributed by atoms with Crippen LogP contribution in [0.15, 0.2) is 18.2 Å². The van der Waals surface area contributed by atoms with Crippen LogP contribution in [0.3, 0.4) is 0 Å². The van der Waals surface area contributed by atoms with Crippen molar-refractivity contribution in [3.05, 3.63) is 29.6 Å². The molecule has 7 heteroatoms. The Morgan fingerprint density at radius 1 is 1.35 bits per heavy atom. The number of likely N-dealkylation sites (tertiary alicyclic amines) is 1. The molecule has 1 aromatic carbocycles. The van der Waals surface area contributed by atoms with Crippen LogP contribution in [0, 0.1) is 0 Å². The number of hydrogen-bond acceptors (Lipinski definition) is 3. The molecular formula is C16H21F3N4. The van der Waals surface area contributed by atoms with Crippen molar-refractivity contribution in [3.8, 4) is 0 Å². The van der Waals surface area contributed by atoms with Crippen LogP contribution in [-0.2, 0) is 19.8 Å². The van der Waals surface area contributed by atoms with E-state index >= 15 is 0 Å². The third-order valence-corrected chi connectivity index (χ3v) is 4.58. The summed E-state index contributed by atoms with van der Waals surface area (Å²) in [6, 6.07) is 4.22. The first-order valence-electron chi connectivity index (χ1n) is 7.80. The van der Waals surface area contributed by atoms with Gasteiger partial charge in [-0.25, -0.2) is 4.98 Å². The van der Waals surface area contributed by atoms with Gasteiger partial charge < -0.3 is 9.88 Å². The predicted octanol–water partition coefficient (Wildman–Crippen LogP) is 2.78. The summed E-state index contributed by atoms with van der Waals surface area (Å²) in [7, 11) is 3.82. The molecule has 4 nitrogen and oxygen atoms in total. The van der Waals surface area contributed by atoms with Crippen LogP contribution in [0.25, 0.3) is 11.0 Å². The Kier molecular flexibility index (Phi) is 4.33. The normalized spacial score (nSPS) is 20.3. The van der Waals surface area contributed by atoms with E-state index < -0.39 is 11.7 Å². The van der Waals surface area contributed by atoms with Gasteiger partial charge >= 0.3 is 6.18 Å². The van der Waals surface area contributed by atoms with Crippen LogP contribution in [0.1, 0.15) is 24.2 Å². The molecule has 1 saturated heterocycles. The number of benzene rings is 1. The van der Waals surface area contributed by atoms with Crippen molar-refractivity contribution in [3.63, 3.8) is 0 Å². The summed E-state index contributed by atoms with van der Waals surface area (Å²) in [4.78, 5) is 6.73. The van der Waals surface area contributed by atoms with Crippen molar-refractivity contribution in [2.75, 3.05) is 20.1 Å². The van der Waals surface area contributed by atoms with E-state index in [-0.39, 0.29) is 0 Å². The second kappa shape index (κ2) is 6.13. The van der Waals surface area contributed by atoms with Crippen LogP contribution < -0.4 is 5.32 Å². The number of fused-ring (bicyclic) bond motifs is 1. The van der Waals surface area contributed by atoms with E-state index in [0.717, 1.165) is 49.4 Å². The second-order valence-corrected chi connectivity index (χ2v) is 6.15. The third-order valence-electron chi connectivity index (χ3n) is 4.58. The van der Waals surface area contributed by atoms with Crippen molar-refractivity contribution < 1.29 is 13.2 Å². The molecule has 1 aromatic heterocycles. The summed E-state index contributed by atoms with van der Waals surface area (Å²) >= 11 is 0. The minimum Gasteiger partial charge on any atom is -0.330 e. The summed E-state index contributed by atoms with van der Waals surface area (Å²) in [5.41, 5.74) is 0.484. The Morgan fingerprint density at radius 2 is 2.13 bits per heavy atom. The molecule has 1 fully saturated rings. The number of halogens is 3. The van der Waals surface area contributed by atoms with Crippen molar-refractivity contribution in [1.82, 2.24) is 19.8 Å². The summed E-state index contributed by atoms with van der Waals surface area (Å²) < 4.78 is 40.4. The van der Waals surface area contributed by atoms with E-state index in [1.54, 1.807) is 0 Å². The Labute approximate surface area is 133 Å². The van der Waals surface area contributed by atoms with Gasteiger partial charge in [0.15, 0.2) is 0 Å². The summed E-state index contributed by atoms with van der Waals surface area (Å²) in [5.74, 6) is 0.802. The quantitative estimate of drug-likeness (QED) is 0.941. The van der Waals surface area contributed by atoms with E-state index in [9.17, 15) is 13.2 Å². The minimum atomic E-state index is -4.33. The highest BCUT2D eigenvalue weighted by Gasteiger charge is 2.31. The lowest BCUT2D eigenvalue weighted by Crippen LogP contribution is -2.44. The average molecular weight is 326 g/mol. The molecule has 0 aliphatic carbocycles. The van der Waals surface area contributed by atoms with Gasteiger partial charge in [-0.1, -0.05) is 0 Å². The Bertz CT molecular complexity index is 692. The number of aromatic nitrogens is 2. The zero-order chi connectivity index (χ0) is 16.6. The molecular weight excluding hydrogens is 305 g/mol. The first kappa shape index (κ1) is 16.3. The average Bonchev–Trinajstić information content (AvgIpc) is 2.82. The highest BCUT2D eigenvalue weighted by Crippen LogP contribution is 2.31. The molecule has 23 heavy (non-hydrogen) atoms. The molecule has 1 aliphatic rings. The monoisotopic (exact) mass is 326 g/mol. The highest BCUT2D eigenvalue weighted by atomic mass is 19.4. The van der Waals surface area contributed by atoms with Crippen LogP contribution >= 0.6 is 0 Å². The number of hydrogen-bond donors (Lipinski definition) is 1. The van der Waals surface area contributed by atoms with Gasteiger partial charge in [0.1, 0.15) is 5.82 Å². The van der Waals surface area contributed by atoms with E-state index in [4.69, 9.17) is 0 Å². The number of alkyl halides is 3. The molecule has 126 valence electrons. The number of piperidine rings is 1. The van der Waals surface area contributed by atoms with Gasteiger partial charge in [-0.15, -0.1) is 0 Å². The van der Waals surface area contributed by atoms with Gasteiger partial charge in [0.05, 0.1) is 23.1 Å². The maximum atomic E-state index is 12.8. The van der Waals surface area contributed by atoms with Gasteiger partial charge in [0.25, 0.3) is 0 Å². The van der Waals surface area contributed by atoms with Crippen LogP contribution in [0.4, 0.5) is 13.2 Å². The summed E-state index contributed by atoms with van der Waals surface area (Å²) in [6.45, 7) is 2.59. The van der Waals surface area contributed by atoms with Crippen molar-refractivity contribution in [2.45, 2.75) is 31.6 Å². The molecule has 2 heterocycles. The Hall–Kier alpha value is -1.60. The molecule has 1 aliphatic heterocycles. The number of imidazole rings is 1. The van der Waals surface area contributed by atoms with Crippen LogP contribution in [0.2, 0.25) is 0 Å². The Balaban J connectivity index is 1.85. The largest absolute Gasteiger partial charge is 0.416 e. The highest BCUT2D eigenvalue weighted by molar-refractivity contribution is 5.77. The lowest BCUT2D eigenvalue weighted by molar-refractivity contribution is -0.137. The number of nitrogens with zero attached hydrogens (tertiary/aromatic N) is 3. The zero-order valence-corrected chi connectivity index (χ0v) is 13.3. The third kappa shape index (κ3) is 3.35. The molecule has 0 spiro atoms. The van der Waals surface area contributed by atoms with Gasteiger partial charge in [0.2, 0.25) is 0 Å². The van der Waals surface area contributed by atoms with E-state index in [2.05, 4.69) is 15.2 Å². The van der Waals surface area contributed by atoms with E-state index in [1.807, 2.05) is 18.7 Å². The maximum Gasteiger partial charge on any atom is 0.416 e. The van der Waals surface area contributed by atoms with Crippen LogP contribution in [-0.4, -0.2) is 40.6 Å². The smallest absolute Gasteiger partial charge is 0.330 e. The molecule has 0 amide bonds. The van der Waals surface area contributed by atoms with E-state index in [1.165, 1.54) is 6.07 Å². The fourth-order valence-corrected chi connectivity index (χ4v) is 3.20. The van der Waals surface area contributed by atoms with Gasteiger partial charge in [-0.2, -0.15) is 13.2 Å². The molecule has 2 aromatic rings. The number of nitrogens with one attached hydrogen (secondary N) is 1. The second-order valence-electron chi connectivity index (χ2n) is 6.15. The number of likely N-dealkylation sites (N-methyl/N-ethyl adjacent to an activating group) is 1. The van der Waals surface area contributed by atoms with Gasteiger partial charge in [-0.05, 0) is 44.6 Å². The maximum absolute atomic E-state index is 12.8. The van der Waals surface area contributed by atoms with Gasteiger partial charge in [0, 0.05) is 19.6 Å². The van der Waals surface area contributed by atoms with Crippen molar-refractivity contribution >= 4 is 11.0 Å². The standard InChI is InChI=1S/C16H21F3N4/c1-20-12-4-3-7-23(9-12)10-15-21-13-8-11(16(17,18)19)5-6-14(13)22(15)2/h5-6,8,12,20H,3-4,7,9-10H2,1-2H3. The predicted molar refractivity (Wildman–Crippen MR) is 83.1 cm³/mol. The number of rotatable bonds is 3. The molecule has 1 unspecified atom stereocenters. The lowest BCUT2D eigenvalue weighted by atomic mass is 10.1. The summed E-state index contributed by atoms with van der Waals surface area (Å²) in [6.07, 6.45) is -2.06. The molecule has 1 atom stereocenters. The Morgan fingerprint density at radius 3 is 2.83 bits per heavy atom. The first-order valence-corrected chi connectivity index (χ1v) is 7.80. The van der Waals surface area contributed by atoms with Crippen molar-refractivity contribution in [2.24, 2.45) is 7.05 Å². The number of aryl methyl sites for hydroxylation is 1. The molecule has 1 N–H and O–H groups in total. The first-order chi connectivity index (χ1) is 10.9. The summed E-state index contributed by atoms with van der Waals surface area (Å²) in [5, 5.41) is 3.29. The fraction of sp³-hybridized carbons (Fsp3) is 0.562. The molecule has 0 bridgehead atoms. The van der Waals surface area contributed by atoms with E-state index in [0.29, 0.717) is 18.1 Å². The van der Waals surface area contributed by atoms with Gasteiger partial charge in [-0.3, -0.25) is 4.90 Å². The van der Waals surface area contributed by atoms with Crippen molar-refractivity contribution in [1.29, 1.82) is 0 Å². The fourth-order valence-electron chi connectivity index (χ4n) is 3.20. The molecule has 0 saturated carbocycles. The molecule has 3 rings (SSSR count). The molecule has 0 radical (unpaired) electrons. The SMILES string of the molecule is CNC1CCCN(Cc2nc3cc(C(F)(F)F)ccc3n2C)C1. The zero-order valence-electron chi connectivity index (χ0n) is 13.3.